The molecule has 0 spiro atoms. The first kappa shape index (κ1) is 8.81. The SMILES string of the molecule is Cc1ccc(C=CCN)c(N)c1. The smallest absolute Gasteiger partial charge is 0.0390 e. The minimum Gasteiger partial charge on any atom is -0.398 e. The Kier molecular flexibility index (Phi) is 2.88. The Labute approximate surface area is 72.9 Å². The summed E-state index contributed by atoms with van der Waals surface area (Å²) in [4.78, 5) is 0. The summed E-state index contributed by atoms with van der Waals surface area (Å²) in [5.74, 6) is 0. The van der Waals surface area contributed by atoms with Crippen LogP contribution >= 0.6 is 0 Å². The van der Waals surface area contributed by atoms with E-state index in [1.54, 1.807) is 0 Å². The molecule has 0 fully saturated rings. The molecule has 0 bridgehead atoms. The fourth-order valence-electron chi connectivity index (χ4n) is 1.04. The van der Waals surface area contributed by atoms with E-state index < -0.39 is 0 Å². The first-order valence-corrected chi connectivity index (χ1v) is 3.97. The summed E-state index contributed by atoms with van der Waals surface area (Å²) in [6, 6.07) is 5.99. The molecule has 0 amide bonds. The predicted octanol–water partition coefficient (Wildman–Crippen LogP) is 1.55. The van der Waals surface area contributed by atoms with Crippen molar-refractivity contribution in [1.82, 2.24) is 0 Å². The van der Waals surface area contributed by atoms with E-state index in [2.05, 4.69) is 0 Å². The third-order valence-electron chi connectivity index (χ3n) is 1.68. The summed E-state index contributed by atoms with van der Waals surface area (Å²) in [7, 11) is 0. The second kappa shape index (κ2) is 3.93. The molecule has 0 atom stereocenters. The number of hydrogen-bond acceptors (Lipinski definition) is 2. The van der Waals surface area contributed by atoms with Crippen LogP contribution in [0, 0.1) is 6.92 Å². The fraction of sp³-hybridized carbons (Fsp3) is 0.200. The van der Waals surface area contributed by atoms with E-state index in [0.29, 0.717) is 6.54 Å². The molecule has 64 valence electrons. The van der Waals surface area contributed by atoms with Gasteiger partial charge in [-0.3, -0.25) is 0 Å². The molecule has 1 aromatic rings. The largest absolute Gasteiger partial charge is 0.398 e. The Morgan fingerprint density at radius 1 is 1.42 bits per heavy atom. The average Bonchev–Trinajstić information content (AvgIpc) is 2.03. The molecule has 0 saturated carbocycles. The van der Waals surface area contributed by atoms with Crippen LogP contribution in [0.25, 0.3) is 6.08 Å². The Morgan fingerprint density at radius 3 is 2.75 bits per heavy atom. The van der Waals surface area contributed by atoms with Crippen LogP contribution in [0.4, 0.5) is 5.69 Å². The Hall–Kier alpha value is -1.28. The molecule has 1 aromatic carbocycles. The molecule has 0 aliphatic heterocycles. The lowest BCUT2D eigenvalue weighted by molar-refractivity contribution is 1.26. The van der Waals surface area contributed by atoms with Crippen molar-refractivity contribution in [3.63, 3.8) is 0 Å². The van der Waals surface area contributed by atoms with Crippen LogP contribution in [-0.2, 0) is 0 Å². The highest BCUT2D eigenvalue weighted by atomic mass is 14.6. The van der Waals surface area contributed by atoms with Gasteiger partial charge in [0.2, 0.25) is 0 Å². The predicted molar refractivity (Wildman–Crippen MR) is 53.7 cm³/mol. The molecule has 0 radical (unpaired) electrons. The Morgan fingerprint density at radius 2 is 2.17 bits per heavy atom. The first-order valence-electron chi connectivity index (χ1n) is 3.97. The molecule has 0 aliphatic carbocycles. The molecule has 12 heavy (non-hydrogen) atoms. The molecule has 2 nitrogen and oxygen atoms in total. The number of nitrogen functional groups attached to an aromatic ring is 1. The van der Waals surface area contributed by atoms with Crippen LogP contribution in [0.5, 0.6) is 0 Å². The minimum atomic E-state index is 0.549. The van der Waals surface area contributed by atoms with Gasteiger partial charge in [-0.15, -0.1) is 0 Å². The quantitative estimate of drug-likeness (QED) is 0.648. The van der Waals surface area contributed by atoms with Crippen LogP contribution in [-0.4, -0.2) is 6.54 Å². The van der Waals surface area contributed by atoms with E-state index in [1.165, 1.54) is 5.56 Å². The molecule has 0 aliphatic rings. The number of benzene rings is 1. The molecule has 1 rings (SSSR count). The van der Waals surface area contributed by atoms with Crippen LogP contribution in [0.3, 0.4) is 0 Å². The molecular formula is C10H14N2. The molecule has 0 heterocycles. The number of rotatable bonds is 2. The zero-order valence-corrected chi connectivity index (χ0v) is 7.25. The number of nitrogens with two attached hydrogens (primary N) is 2. The zero-order chi connectivity index (χ0) is 8.97. The van der Waals surface area contributed by atoms with Crippen LogP contribution < -0.4 is 11.5 Å². The van der Waals surface area contributed by atoms with Crippen molar-refractivity contribution in [2.24, 2.45) is 5.73 Å². The van der Waals surface area contributed by atoms with Crippen molar-refractivity contribution in [3.05, 3.63) is 35.4 Å². The summed E-state index contributed by atoms with van der Waals surface area (Å²) in [6.07, 6.45) is 3.83. The van der Waals surface area contributed by atoms with Crippen molar-refractivity contribution in [2.45, 2.75) is 6.92 Å². The fourth-order valence-corrected chi connectivity index (χ4v) is 1.04. The molecular weight excluding hydrogens is 148 g/mol. The van der Waals surface area contributed by atoms with Crippen molar-refractivity contribution in [1.29, 1.82) is 0 Å². The monoisotopic (exact) mass is 162 g/mol. The highest BCUT2D eigenvalue weighted by Gasteiger charge is 1.93. The van der Waals surface area contributed by atoms with Crippen molar-refractivity contribution in [2.75, 3.05) is 12.3 Å². The van der Waals surface area contributed by atoms with E-state index in [1.807, 2.05) is 37.3 Å². The van der Waals surface area contributed by atoms with E-state index >= 15 is 0 Å². The van der Waals surface area contributed by atoms with Gasteiger partial charge in [0.25, 0.3) is 0 Å². The van der Waals surface area contributed by atoms with Crippen LogP contribution in [0.15, 0.2) is 24.3 Å². The van der Waals surface area contributed by atoms with Gasteiger partial charge in [-0.05, 0) is 24.1 Å². The van der Waals surface area contributed by atoms with Gasteiger partial charge in [0.1, 0.15) is 0 Å². The highest BCUT2D eigenvalue weighted by Crippen LogP contribution is 2.14. The zero-order valence-electron chi connectivity index (χ0n) is 7.25. The summed E-state index contributed by atoms with van der Waals surface area (Å²) < 4.78 is 0. The lowest BCUT2D eigenvalue weighted by atomic mass is 10.1. The highest BCUT2D eigenvalue weighted by molar-refractivity contribution is 5.65. The van der Waals surface area contributed by atoms with Crippen LogP contribution in [0.1, 0.15) is 11.1 Å². The van der Waals surface area contributed by atoms with Gasteiger partial charge >= 0.3 is 0 Å². The maximum atomic E-state index is 5.77. The maximum Gasteiger partial charge on any atom is 0.0390 e. The van der Waals surface area contributed by atoms with Gasteiger partial charge in [0, 0.05) is 12.2 Å². The minimum absolute atomic E-state index is 0.549. The lowest BCUT2D eigenvalue weighted by Crippen LogP contribution is -1.93. The summed E-state index contributed by atoms with van der Waals surface area (Å²) in [5.41, 5.74) is 14.1. The average molecular weight is 162 g/mol. The standard InChI is InChI=1S/C10H14N2/c1-8-4-5-9(3-2-6-11)10(12)7-8/h2-5,7H,6,11-12H2,1H3. The maximum absolute atomic E-state index is 5.77. The molecule has 0 unspecified atom stereocenters. The Balaban J connectivity index is 2.94. The summed E-state index contributed by atoms with van der Waals surface area (Å²) in [6.45, 7) is 2.57. The second-order valence-electron chi connectivity index (χ2n) is 2.77. The van der Waals surface area contributed by atoms with Gasteiger partial charge in [-0.2, -0.15) is 0 Å². The third-order valence-corrected chi connectivity index (χ3v) is 1.68. The third kappa shape index (κ3) is 2.10. The number of hydrogen-bond donors (Lipinski definition) is 2. The first-order chi connectivity index (χ1) is 5.74. The summed E-state index contributed by atoms with van der Waals surface area (Å²) >= 11 is 0. The van der Waals surface area contributed by atoms with Crippen molar-refractivity contribution in [3.8, 4) is 0 Å². The second-order valence-corrected chi connectivity index (χ2v) is 2.77. The molecule has 0 saturated heterocycles. The van der Waals surface area contributed by atoms with Gasteiger partial charge in [0.05, 0.1) is 0 Å². The van der Waals surface area contributed by atoms with Gasteiger partial charge in [0.15, 0.2) is 0 Å². The normalized spacial score (nSPS) is 10.8. The molecule has 2 heteroatoms. The number of aryl methyl sites for hydroxylation is 1. The Bertz CT molecular complexity index is 290. The van der Waals surface area contributed by atoms with Crippen LogP contribution in [0.2, 0.25) is 0 Å². The van der Waals surface area contributed by atoms with Crippen molar-refractivity contribution < 1.29 is 0 Å². The van der Waals surface area contributed by atoms with Crippen molar-refractivity contribution >= 4 is 11.8 Å². The summed E-state index contributed by atoms with van der Waals surface area (Å²) in [5, 5.41) is 0. The van der Waals surface area contributed by atoms with Gasteiger partial charge in [-0.25, -0.2) is 0 Å². The van der Waals surface area contributed by atoms with Gasteiger partial charge < -0.3 is 11.5 Å². The molecule has 4 N–H and O–H groups in total. The van der Waals surface area contributed by atoms with E-state index in [9.17, 15) is 0 Å². The van der Waals surface area contributed by atoms with E-state index in [4.69, 9.17) is 11.5 Å². The molecule has 0 aromatic heterocycles. The topological polar surface area (TPSA) is 52.0 Å². The van der Waals surface area contributed by atoms with Gasteiger partial charge in [-0.1, -0.05) is 24.3 Å². The van der Waals surface area contributed by atoms with E-state index in [0.717, 1.165) is 11.3 Å². The van der Waals surface area contributed by atoms with E-state index in [-0.39, 0.29) is 0 Å². The number of anilines is 1. The lowest BCUT2D eigenvalue weighted by Gasteiger charge is -2.00.